The monoisotopic (exact) mass is 331 g/mol. The molecule has 2 heterocycles. The van der Waals surface area contributed by atoms with Gasteiger partial charge in [-0.3, -0.25) is 9.48 Å². The third kappa shape index (κ3) is 4.55. The summed E-state index contributed by atoms with van der Waals surface area (Å²) in [5, 5.41) is 10.1. The van der Waals surface area contributed by atoms with Crippen LogP contribution in [-0.4, -0.2) is 32.1 Å². The van der Waals surface area contributed by atoms with Gasteiger partial charge in [-0.2, -0.15) is 23.4 Å². The Labute approximate surface area is 130 Å². The average molecular weight is 331 g/mol. The van der Waals surface area contributed by atoms with Crippen molar-refractivity contribution in [1.29, 1.82) is 0 Å². The molecule has 0 aliphatic carbocycles. The minimum absolute atomic E-state index is 0.189. The smallest absolute Gasteiger partial charge is 0.360 e. The van der Waals surface area contributed by atoms with Crippen LogP contribution in [0.2, 0.25) is 0 Å². The van der Waals surface area contributed by atoms with Crippen LogP contribution >= 0.6 is 0 Å². The molecular formula is C13H16F3N5O2. The summed E-state index contributed by atoms with van der Waals surface area (Å²) in [5.74, 6) is -0.630. The topological polar surface area (TPSA) is 74.0 Å². The number of nitrogens with zero attached hydrogens (tertiary/aromatic N) is 4. The molecule has 1 N–H and O–H groups in total. The van der Waals surface area contributed by atoms with Crippen LogP contribution in [0.4, 0.5) is 18.9 Å². The predicted octanol–water partition coefficient (Wildman–Crippen LogP) is 2.04. The van der Waals surface area contributed by atoms with Crippen molar-refractivity contribution in [3.63, 3.8) is 0 Å². The highest BCUT2D eigenvalue weighted by Crippen LogP contribution is 2.29. The van der Waals surface area contributed by atoms with E-state index in [4.69, 9.17) is 4.74 Å². The molecule has 0 radical (unpaired) electrons. The van der Waals surface area contributed by atoms with E-state index in [1.165, 1.54) is 24.0 Å². The molecule has 0 aromatic carbocycles. The third-order valence-corrected chi connectivity index (χ3v) is 2.83. The van der Waals surface area contributed by atoms with Gasteiger partial charge >= 0.3 is 6.18 Å². The van der Waals surface area contributed by atoms with E-state index in [9.17, 15) is 18.0 Å². The Bertz CT molecular complexity index is 677. The number of hydrogen-bond donors (Lipinski definition) is 1. The number of aromatic nitrogens is 4. The Balaban J connectivity index is 2.01. The van der Waals surface area contributed by atoms with Crippen LogP contribution < -0.4 is 5.32 Å². The molecule has 0 atom stereocenters. The summed E-state index contributed by atoms with van der Waals surface area (Å²) in [7, 11) is 0. The van der Waals surface area contributed by atoms with Crippen molar-refractivity contribution in [2.45, 2.75) is 33.3 Å². The molecule has 0 spiro atoms. The van der Waals surface area contributed by atoms with Crippen LogP contribution in [0.5, 0.6) is 0 Å². The van der Waals surface area contributed by atoms with E-state index in [0.717, 1.165) is 6.07 Å². The van der Waals surface area contributed by atoms with Gasteiger partial charge in [-0.15, -0.1) is 0 Å². The first-order valence-corrected chi connectivity index (χ1v) is 6.81. The van der Waals surface area contributed by atoms with Crippen LogP contribution in [0.15, 0.2) is 18.5 Å². The molecule has 2 aromatic rings. The summed E-state index contributed by atoms with van der Waals surface area (Å²) in [6, 6.07) is 0.896. The number of anilines is 1. The second-order valence-electron chi connectivity index (χ2n) is 4.76. The lowest BCUT2D eigenvalue weighted by molar-refractivity contribution is -0.144. The number of carbonyl (C=O) groups is 1. The first-order chi connectivity index (χ1) is 10.8. The van der Waals surface area contributed by atoms with Crippen molar-refractivity contribution in [2.75, 3.05) is 11.9 Å². The zero-order valence-corrected chi connectivity index (χ0v) is 12.6. The molecule has 7 nitrogen and oxygen atoms in total. The van der Waals surface area contributed by atoms with Crippen molar-refractivity contribution >= 4 is 11.6 Å². The maximum atomic E-state index is 12.8. The summed E-state index contributed by atoms with van der Waals surface area (Å²) in [4.78, 5) is 11.9. The summed E-state index contributed by atoms with van der Waals surface area (Å²) < 4.78 is 45.8. The molecule has 0 aliphatic rings. The van der Waals surface area contributed by atoms with E-state index in [-0.39, 0.29) is 12.4 Å². The van der Waals surface area contributed by atoms with Crippen LogP contribution in [0.1, 0.15) is 18.3 Å². The van der Waals surface area contributed by atoms with E-state index in [0.29, 0.717) is 17.0 Å². The van der Waals surface area contributed by atoms with Gasteiger partial charge in [-0.25, -0.2) is 4.68 Å². The van der Waals surface area contributed by atoms with Gasteiger partial charge in [0, 0.05) is 6.61 Å². The fourth-order valence-corrected chi connectivity index (χ4v) is 1.91. The number of alkyl halides is 3. The second-order valence-corrected chi connectivity index (χ2v) is 4.76. The Hall–Kier alpha value is -2.36. The first-order valence-electron chi connectivity index (χ1n) is 6.81. The Morgan fingerprint density at radius 3 is 2.83 bits per heavy atom. The fraction of sp³-hybridized carbons (Fsp3) is 0.462. The molecule has 0 saturated carbocycles. The Morgan fingerprint density at radius 1 is 1.43 bits per heavy atom. The zero-order chi connectivity index (χ0) is 17.0. The molecule has 1 amide bonds. The molecule has 0 fully saturated rings. The molecule has 0 aliphatic heterocycles. The first kappa shape index (κ1) is 17.0. The zero-order valence-electron chi connectivity index (χ0n) is 12.6. The molecule has 2 aromatic heterocycles. The van der Waals surface area contributed by atoms with Gasteiger partial charge in [0.05, 0.1) is 23.8 Å². The molecule has 126 valence electrons. The molecule has 0 bridgehead atoms. The normalized spacial score (nSPS) is 11.7. The second kappa shape index (κ2) is 6.82. The molecular weight excluding hydrogens is 315 g/mol. The Morgan fingerprint density at radius 2 is 2.17 bits per heavy atom. The van der Waals surface area contributed by atoms with E-state index >= 15 is 0 Å². The van der Waals surface area contributed by atoms with Crippen LogP contribution in [0, 0.1) is 6.92 Å². The van der Waals surface area contributed by atoms with Gasteiger partial charge < -0.3 is 10.1 Å². The summed E-state index contributed by atoms with van der Waals surface area (Å²) in [6.07, 6.45) is -1.66. The number of ether oxygens (including phenoxy) is 1. The predicted molar refractivity (Wildman–Crippen MR) is 74.4 cm³/mol. The lowest BCUT2D eigenvalue weighted by atomic mass is 10.3. The van der Waals surface area contributed by atoms with E-state index in [1.54, 1.807) is 0 Å². The number of hydrogen-bond acceptors (Lipinski definition) is 4. The van der Waals surface area contributed by atoms with Crippen LogP contribution in [-0.2, 0) is 29.0 Å². The number of amides is 1. The maximum absolute atomic E-state index is 12.8. The van der Waals surface area contributed by atoms with E-state index < -0.39 is 24.3 Å². The van der Waals surface area contributed by atoms with Crippen molar-refractivity contribution in [3.05, 3.63) is 29.8 Å². The van der Waals surface area contributed by atoms with E-state index in [1.807, 2.05) is 6.92 Å². The SMILES string of the molecule is CCOCn1cc(NC(=O)Cn2nc(C)cc2C(F)(F)F)cn1. The lowest BCUT2D eigenvalue weighted by Gasteiger charge is -2.09. The lowest BCUT2D eigenvalue weighted by Crippen LogP contribution is -2.23. The Kier molecular flexibility index (Phi) is 5.04. The minimum atomic E-state index is -4.57. The third-order valence-electron chi connectivity index (χ3n) is 2.83. The van der Waals surface area contributed by atoms with Crippen LogP contribution in [0.25, 0.3) is 0 Å². The van der Waals surface area contributed by atoms with Gasteiger partial charge in [0.25, 0.3) is 0 Å². The van der Waals surface area contributed by atoms with Crippen molar-refractivity contribution in [1.82, 2.24) is 19.6 Å². The minimum Gasteiger partial charge on any atom is -0.360 e. The molecule has 0 saturated heterocycles. The van der Waals surface area contributed by atoms with Gasteiger partial charge in [-0.05, 0) is 19.9 Å². The molecule has 2 rings (SSSR count). The fourth-order valence-electron chi connectivity index (χ4n) is 1.91. The number of rotatable bonds is 6. The maximum Gasteiger partial charge on any atom is 0.433 e. The molecule has 0 unspecified atom stereocenters. The molecule has 23 heavy (non-hydrogen) atoms. The van der Waals surface area contributed by atoms with Crippen molar-refractivity contribution in [2.24, 2.45) is 0 Å². The standard InChI is InChI=1S/C13H16F3N5O2/c1-3-23-8-20-6-10(5-17-20)18-12(22)7-21-11(13(14,15)16)4-9(2)19-21/h4-6H,3,7-8H2,1-2H3,(H,18,22). The van der Waals surface area contributed by atoms with Gasteiger partial charge in [0.1, 0.15) is 19.0 Å². The van der Waals surface area contributed by atoms with E-state index in [2.05, 4.69) is 15.5 Å². The summed E-state index contributed by atoms with van der Waals surface area (Å²) in [6.45, 7) is 3.46. The summed E-state index contributed by atoms with van der Waals surface area (Å²) in [5.41, 5.74) is -0.404. The highest BCUT2D eigenvalue weighted by molar-refractivity contribution is 5.90. The number of aryl methyl sites for hydroxylation is 1. The average Bonchev–Trinajstić information content (AvgIpc) is 3.02. The quantitative estimate of drug-likeness (QED) is 0.879. The summed E-state index contributed by atoms with van der Waals surface area (Å²) >= 11 is 0. The van der Waals surface area contributed by atoms with Crippen molar-refractivity contribution < 1.29 is 22.7 Å². The van der Waals surface area contributed by atoms with Gasteiger partial charge in [0.15, 0.2) is 0 Å². The number of halogens is 3. The van der Waals surface area contributed by atoms with Gasteiger partial charge in [0.2, 0.25) is 5.91 Å². The number of carbonyl (C=O) groups excluding carboxylic acids is 1. The highest BCUT2D eigenvalue weighted by Gasteiger charge is 2.35. The van der Waals surface area contributed by atoms with Gasteiger partial charge in [-0.1, -0.05) is 0 Å². The largest absolute Gasteiger partial charge is 0.433 e. The molecule has 10 heteroatoms. The highest BCUT2D eigenvalue weighted by atomic mass is 19.4. The van der Waals surface area contributed by atoms with Crippen molar-refractivity contribution in [3.8, 4) is 0 Å². The van der Waals surface area contributed by atoms with Crippen LogP contribution in [0.3, 0.4) is 0 Å². The number of nitrogens with one attached hydrogen (secondary N) is 1.